The number of nitrogens with zero attached hydrogens (tertiary/aromatic N) is 5. The van der Waals surface area contributed by atoms with E-state index in [-0.39, 0.29) is 41.7 Å². The van der Waals surface area contributed by atoms with Crippen LogP contribution in [0.25, 0.3) is 33.6 Å². The van der Waals surface area contributed by atoms with Gasteiger partial charge >= 0.3 is 6.09 Å². The molecule has 1 aliphatic carbocycles. The van der Waals surface area contributed by atoms with Gasteiger partial charge < -0.3 is 30.2 Å². The van der Waals surface area contributed by atoms with Crippen molar-refractivity contribution in [2.75, 3.05) is 13.7 Å². The number of hydrogen-bond acceptors (Lipinski definition) is 8. The van der Waals surface area contributed by atoms with Gasteiger partial charge in [-0.25, -0.2) is 14.8 Å². The van der Waals surface area contributed by atoms with Crippen molar-refractivity contribution in [3.63, 3.8) is 0 Å². The lowest BCUT2D eigenvalue weighted by molar-refractivity contribution is -0.135. The molecular formula is C42H49N9O4. The van der Waals surface area contributed by atoms with Crippen LogP contribution in [0.3, 0.4) is 0 Å². The van der Waals surface area contributed by atoms with E-state index in [1.54, 1.807) is 18.6 Å². The van der Waals surface area contributed by atoms with E-state index in [0.29, 0.717) is 6.54 Å². The molecule has 13 heteroatoms. The molecule has 3 amide bonds. The smallest absolute Gasteiger partial charge is 0.407 e. The molecule has 0 bridgehead atoms. The van der Waals surface area contributed by atoms with Crippen LogP contribution in [0.2, 0.25) is 0 Å². The molecule has 1 saturated carbocycles. The number of aromatic amines is 2. The third kappa shape index (κ3) is 8.30. The van der Waals surface area contributed by atoms with Crippen LogP contribution in [0.4, 0.5) is 4.79 Å². The van der Waals surface area contributed by atoms with Crippen molar-refractivity contribution in [3.05, 3.63) is 96.9 Å². The summed E-state index contributed by atoms with van der Waals surface area (Å²) >= 11 is 0. The Balaban J connectivity index is 0.993. The number of aromatic nitrogens is 6. The summed E-state index contributed by atoms with van der Waals surface area (Å²) < 4.78 is 4.76. The maximum absolute atomic E-state index is 13.5. The Kier molecular flexibility index (Phi) is 11.4. The minimum absolute atomic E-state index is 0.0208. The molecule has 55 heavy (non-hydrogen) atoms. The number of hydrogen-bond donors (Lipinski definition) is 4. The standard InChI is InChI=1S/C42H49N9O4/c1-25(2)37(50-42(54)55-4)41(53)51-21-7-10-36(51)39-46-24-35(49-39)30-17-13-28(14-18-30)27-11-15-29(16-12-27)34-23-45-38(48-34)31-8-5-6-9-32(31)40(52)47-26(3)33-22-43-19-20-44-33/h11-20,22-26,31-32,36-37H,5-10,21H2,1-4H3,(H,45,48)(H,46,49)(H,47,52)(H,50,54)/t26-,31+,32?,36?,37?/m0/s1. The summed E-state index contributed by atoms with van der Waals surface area (Å²) in [4.78, 5) is 65.7. The first-order chi connectivity index (χ1) is 26.7. The van der Waals surface area contributed by atoms with Gasteiger partial charge in [-0.3, -0.25) is 19.6 Å². The minimum atomic E-state index is -0.679. The Bertz CT molecular complexity index is 2080. The second-order valence-corrected chi connectivity index (χ2v) is 14.9. The van der Waals surface area contributed by atoms with Crippen molar-refractivity contribution in [3.8, 4) is 33.6 Å². The molecule has 286 valence electrons. The Labute approximate surface area is 321 Å². The maximum atomic E-state index is 13.5. The number of alkyl carbamates (subject to hydrolysis) is 1. The number of carbonyl (C=O) groups is 3. The summed E-state index contributed by atoms with van der Waals surface area (Å²) in [5, 5.41) is 5.85. The molecule has 4 N–H and O–H groups in total. The van der Waals surface area contributed by atoms with Gasteiger partial charge in [-0.1, -0.05) is 75.2 Å². The fourth-order valence-electron chi connectivity index (χ4n) is 7.90. The molecule has 0 spiro atoms. The number of carbonyl (C=O) groups excluding carboxylic acids is 3. The second-order valence-electron chi connectivity index (χ2n) is 14.9. The summed E-state index contributed by atoms with van der Waals surface area (Å²) in [5.74, 6) is 1.25. The van der Waals surface area contributed by atoms with Gasteiger partial charge in [0.1, 0.15) is 17.7 Å². The fourth-order valence-corrected chi connectivity index (χ4v) is 7.90. The number of ether oxygens (including phenoxy) is 1. The summed E-state index contributed by atoms with van der Waals surface area (Å²) in [6, 6.07) is 15.6. The van der Waals surface area contributed by atoms with Gasteiger partial charge in [0.25, 0.3) is 0 Å². The van der Waals surface area contributed by atoms with Crippen molar-refractivity contribution in [2.24, 2.45) is 11.8 Å². The largest absolute Gasteiger partial charge is 0.453 e. The quantitative estimate of drug-likeness (QED) is 0.111. The Morgan fingerprint density at radius 1 is 0.745 bits per heavy atom. The van der Waals surface area contributed by atoms with E-state index in [1.807, 2.05) is 38.1 Å². The molecule has 3 unspecified atom stereocenters. The maximum Gasteiger partial charge on any atom is 0.407 e. The molecule has 2 aromatic carbocycles. The number of methoxy groups -OCH3 is 1. The lowest BCUT2D eigenvalue weighted by Crippen LogP contribution is -2.51. The van der Waals surface area contributed by atoms with Crippen LogP contribution in [0.5, 0.6) is 0 Å². The zero-order chi connectivity index (χ0) is 38.5. The second kappa shape index (κ2) is 16.7. The molecule has 13 nitrogen and oxygen atoms in total. The molecule has 4 heterocycles. The van der Waals surface area contributed by atoms with Gasteiger partial charge in [0.15, 0.2) is 0 Å². The number of H-pyrrole nitrogens is 2. The predicted octanol–water partition coefficient (Wildman–Crippen LogP) is 7.12. The first-order valence-electron chi connectivity index (χ1n) is 19.2. The van der Waals surface area contributed by atoms with Crippen LogP contribution < -0.4 is 10.6 Å². The van der Waals surface area contributed by atoms with E-state index in [9.17, 15) is 14.4 Å². The molecule has 7 rings (SSSR count). The highest BCUT2D eigenvalue weighted by atomic mass is 16.5. The minimum Gasteiger partial charge on any atom is -0.453 e. The number of amides is 3. The third-order valence-electron chi connectivity index (χ3n) is 11.0. The van der Waals surface area contributed by atoms with E-state index in [2.05, 4.69) is 84.1 Å². The van der Waals surface area contributed by atoms with E-state index in [1.165, 1.54) is 7.11 Å². The van der Waals surface area contributed by atoms with Gasteiger partial charge in [0.05, 0.1) is 54.9 Å². The summed E-state index contributed by atoms with van der Waals surface area (Å²) in [6.07, 6.45) is 13.5. The number of nitrogens with one attached hydrogen (secondary N) is 4. The summed E-state index contributed by atoms with van der Waals surface area (Å²) in [6.45, 7) is 6.35. The highest BCUT2D eigenvalue weighted by molar-refractivity contribution is 5.86. The Morgan fingerprint density at radius 3 is 1.98 bits per heavy atom. The summed E-state index contributed by atoms with van der Waals surface area (Å²) in [5.41, 5.74) is 6.72. The Morgan fingerprint density at radius 2 is 1.36 bits per heavy atom. The molecule has 2 fully saturated rings. The number of benzene rings is 2. The van der Waals surface area contributed by atoms with Crippen LogP contribution >= 0.6 is 0 Å². The van der Waals surface area contributed by atoms with Gasteiger partial charge in [0.2, 0.25) is 11.8 Å². The van der Waals surface area contributed by atoms with Gasteiger partial charge in [-0.2, -0.15) is 0 Å². The molecule has 2 aliphatic rings. The van der Waals surface area contributed by atoms with Crippen LogP contribution in [-0.4, -0.2) is 72.4 Å². The SMILES string of the molecule is COC(=O)NC(C(=O)N1CCCC1c1ncc(-c2ccc(-c3ccc(-c4cnc([C@@H]5CCCCC5C(=O)N[C@@H](C)c5cnccn5)[nH]4)cc3)cc2)[nH]1)C(C)C. The van der Waals surface area contributed by atoms with Crippen molar-refractivity contribution >= 4 is 17.9 Å². The predicted molar refractivity (Wildman–Crippen MR) is 208 cm³/mol. The van der Waals surface area contributed by atoms with Crippen molar-refractivity contribution < 1.29 is 19.1 Å². The lowest BCUT2D eigenvalue weighted by atomic mass is 9.78. The van der Waals surface area contributed by atoms with Crippen molar-refractivity contribution in [1.29, 1.82) is 0 Å². The normalized spacial score (nSPS) is 19.5. The number of rotatable bonds is 11. The van der Waals surface area contributed by atoms with Gasteiger partial charge in [-0.15, -0.1) is 0 Å². The van der Waals surface area contributed by atoms with Crippen LogP contribution in [0.15, 0.2) is 79.5 Å². The Hall–Kier alpha value is -5.85. The van der Waals surface area contributed by atoms with Crippen LogP contribution in [0.1, 0.15) is 94.6 Å². The lowest BCUT2D eigenvalue weighted by Gasteiger charge is -2.30. The van der Waals surface area contributed by atoms with Gasteiger partial charge in [-0.05, 0) is 60.8 Å². The van der Waals surface area contributed by atoms with Crippen molar-refractivity contribution in [1.82, 2.24) is 45.4 Å². The van der Waals surface area contributed by atoms with Crippen LogP contribution in [-0.2, 0) is 14.3 Å². The zero-order valence-corrected chi connectivity index (χ0v) is 31.8. The van der Waals surface area contributed by atoms with E-state index in [4.69, 9.17) is 9.72 Å². The fraction of sp³-hybridized carbons (Fsp3) is 0.405. The highest BCUT2D eigenvalue weighted by Gasteiger charge is 2.38. The number of likely N-dealkylation sites (tertiary alicyclic amines) is 1. The molecular weight excluding hydrogens is 695 g/mol. The molecule has 5 atom stereocenters. The molecule has 5 aromatic rings. The molecule has 1 saturated heterocycles. The summed E-state index contributed by atoms with van der Waals surface area (Å²) in [7, 11) is 1.29. The topological polar surface area (TPSA) is 171 Å². The first-order valence-corrected chi connectivity index (χ1v) is 19.2. The molecule has 0 radical (unpaired) electrons. The molecule has 3 aromatic heterocycles. The van der Waals surface area contributed by atoms with E-state index < -0.39 is 12.1 Å². The number of imidazole rings is 2. The highest BCUT2D eigenvalue weighted by Crippen LogP contribution is 2.38. The van der Waals surface area contributed by atoms with Crippen LogP contribution in [0, 0.1) is 11.8 Å². The van der Waals surface area contributed by atoms with Crippen molar-refractivity contribution in [2.45, 2.75) is 83.3 Å². The average Bonchev–Trinajstić information content (AvgIpc) is 4.02. The van der Waals surface area contributed by atoms with E-state index in [0.717, 1.165) is 89.5 Å². The zero-order valence-electron chi connectivity index (χ0n) is 31.8. The average molecular weight is 744 g/mol. The third-order valence-corrected chi connectivity index (χ3v) is 11.0. The monoisotopic (exact) mass is 743 g/mol. The molecule has 1 aliphatic heterocycles. The van der Waals surface area contributed by atoms with E-state index >= 15 is 0 Å². The van der Waals surface area contributed by atoms with Gasteiger partial charge in [0, 0.05) is 30.8 Å². The first kappa shape index (κ1) is 37.5.